The van der Waals surface area contributed by atoms with Gasteiger partial charge in [0.2, 0.25) is 0 Å². The van der Waals surface area contributed by atoms with Crippen LogP contribution in [-0.2, 0) is 17.8 Å². The maximum Gasteiger partial charge on any atom is 0.158 e. The Bertz CT molecular complexity index is 476. The second-order valence-electron chi connectivity index (χ2n) is 5.49. The number of Topliss-reactive ketones (excluding diaryl/α,β-unsaturated/α-hetero) is 1. The molecule has 114 valence electrons. The third kappa shape index (κ3) is 3.31. The minimum Gasteiger partial charge on any atom is -0.297 e. The van der Waals surface area contributed by atoms with E-state index >= 15 is 0 Å². The molecule has 0 unspecified atom stereocenters. The summed E-state index contributed by atoms with van der Waals surface area (Å²) in [6.07, 6.45) is 0.415. The number of nitrogens with zero attached hydrogens (tertiary/aromatic N) is 3. The monoisotopic (exact) mass is 343 g/mol. The molecule has 0 radical (unpaired) electrons. The minimum atomic E-state index is -0.445. The van der Waals surface area contributed by atoms with E-state index in [-0.39, 0.29) is 5.78 Å². The van der Waals surface area contributed by atoms with Crippen molar-refractivity contribution in [1.82, 2.24) is 14.7 Å². The lowest BCUT2D eigenvalue weighted by atomic mass is 9.93. The molecule has 0 amide bonds. The van der Waals surface area contributed by atoms with Crippen molar-refractivity contribution in [2.75, 3.05) is 13.1 Å². The molecule has 1 aromatic rings. The van der Waals surface area contributed by atoms with Crippen LogP contribution in [0, 0.1) is 6.92 Å². The predicted octanol–water partition coefficient (Wildman–Crippen LogP) is 3.21. The van der Waals surface area contributed by atoms with Gasteiger partial charge < -0.3 is 0 Å². The van der Waals surface area contributed by atoms with Gasteiger partial charge >= 0.3 is 0 Å². The third-order valence-corrected chi connectivity index (χ3v) is 5.05. The van der Waals surface area contributed by atoms with E-state index in [1.165, 1.54) is 0 Å². The van der Waals surface area contributed by atoms with Gasteiger partial charge in [-0.15, -0.1) is 0 Å². The van der Waals surface area contributed by atoms with Gasteiger partial charge in [-0.3, -0.25) is 14.4 Å². The number of rotatable bonds is 7. The van der Waals surface area contributed by atoms with Gasteiger partial charge in [-0.05, 0) is 56.7 Å². The van der Waals surface area contributed by atoms with E-state index in [1.54, 1.807) is 0 Å². The van der Waals surface area contributed by atoms with Gasteiger partial charge in [0.25, 0.3) is 0 Å². The molecule has 0 atom stereocenters. The fraction of sp³-hybridized carbons (Fsp3) is 0.733. The molecule has 0 fully saturated rings. The Kier molecular flexibility index (Phi) is 5.95. The first-order valence-electron chi connectivity index (χ1n) is 7.29. The average molecular weight is 344 g/mol. The predicted molar refractivity (Wildman–Crippen MR) is 86.0 cm³/mol. The first-order valence-corrected chi connectivity index (χ1v) is 8.08. The molecule has 1 rings (SSSR count). The zero-order valence-corrected chi connectivity index (χ0v) is 15.0. The molecular weight excluding hydrogens is 318 g/mol. The van der Waals surface area contributed by atoms with Crippen LogP contribution >= 0.6 is 15.9 Å². The fourth-order valence-corrected chi connectivity index (χ4v) is 3.02. The zero-order chi connectivity index (χ0) is 15.5. The van der Waals surface area contributed by atoms with Gasteiger partial charge in [-0.1, -0.05) is 13.8 Å². The van der Waals surface area contributed by atoms with Crippen molar-refractivity contribution in [3.05, 3.63) is 15.9 Å². The standard InChI is InChI=1S/C15H26BrN3O/c1-7-18(8-2)15(5,6)13(20)10-12-14(16)11(4)17-19(12)9-3/h7-10H2,1-6H3. The highest BCUT2D eigenvalue weighted by atomic mass is 79.9. The molecule has 0 saturated carbocycles. The second-order valence-corrected chi connectivity index (χ2v) is 6.29. The van der Waals surface area contributed by atoms with Gasteiger partial charge in [-0.25, -0.2) is 0 Å². The fourth-order valence-electron chi connectivity index (χ4n) is 2.60. The Labute approximate surface area is 130 Å². The van der Waals surface area contributed by atoms with E-state index in [1.807, 2.05) is 32.4 Å². The maximum absolute atomic E-state index is 12.7. The van der Waals surface area contributed by atoms with Crippen molar-refractivity contribution in [2.24, 2.45) is 0 Å². The molecule has 4 nitrogen and oxygen atoms in total. The topological polar surface area (TPSA) is 38.1 Å². The number of ketones is 1. The summed E-state index contributed by atoms with van der Waals surface area (Å²) in [7, 11) is 0. The molecular formula is C15H26BrN3O. The summed E-state index contributed by atoms with van der Waals surface area (Å²) < 4.78 is 2.87. The number of likely N-dealkylation sites (N-methyl/N-ethyl adjacent to an activating group) is 1. The van der Waals surface area contributed by atoms with E-state index in [9.17, 15) is 4.79 Å². The lowest BCUT2D eigenvalue weighted by Gasteiger charge is -2.35. The highest BCUT2D eigenvalue weighted by Crippen LogP contribution is 2.25. The summed E-state index contributed by atoms with van der Waals surface area (Å²) in [6, 6.07) is 0. The summed E-state index contributed by atoms with van der Waals surface area (Å²) >= 11 is 3.56. The van der Waals surface area contributed by atoms with Gasteiger partial charge in [0.05, 0.1) is 27.8 Å². The molecule has 0 saturated heterocycles. The molecule has 0 N–H and O–H groups in total. The summed E-state index contributed by atoms with van der Waals surface area (Å²) in [4.78, 5) is 14.9. The van der Waals surface area contributed by atoms with Crippen LogP contribution in [0.3, 0.4) is 0 Å². The largest absolute Gasteiger partial charge is 0.297 e. The highest BCUT2D eigenvalue weighted by molar-refractivity contribution is 9.10. The van der Waals surface area contributed by atoms with Crippen LogP contribution in [0.5, 0.6) is 0 Å². The van der Waals surface area contributed by atoms with Crippen LogP contribution in [-0.4, -0.2) is 39.1 Å². The molecule has 0 aliphatic carbocycles. The van der Waals surface area contributed by atoms with E-state index in [0.29, 0.717) is 6.42 Å². The summed E-state index contributed by atoms with van der Waals surface area (Å²) in [5.41, 5.74) is 1.48. The Morgan fingerprint density at radius 2 is 1.85 bits per heavy atom. The van der Waals surface area contributed by atoms with Gasteiger partial charge in [0, 0.05) is 6.54 Å². The Morgan fingerprint density at radius 3 is 2.30 bits per heavy atom. The smallest absolute Gasteiger partial charge is 0.158 e. The average Bonchev–Trinajstić information content (AvgIpc) is 2.67. The van der Waals surface area contributed by atoms with Crippen LogP contribution < -0.4 is 0 Å². The van der Waals surface area contributed by atoms with Crippen LogP contribution in [0.15, 0.2) is 4.47 Å². The van der Waals surface area contributed by atoms with E-state index in [0.717, 1.165) is 35.5 Å². The molecule has 20 heavy (non-hydrogen) atoms. The first-order chi connectivity index (χ1) is 9.29. The lowest BCUT2D eigenvalue weighted by Crippen LogP contribution is -2.50. The SMILES string of the molecule is CCN(CC)C(C)(C)C(=O)Cc1c(Br)c(C)nn1CC. The second kappa shape index (κ2) is 6.85. The Hall–Kier alpha value is -0.680. The molecule has 0 aliphatic rings. The number of carbonyl (C=O) groups excluding carboxylic acids is 1. The van der Waals surface area contributed by atoms with Crippen molar-refractivity contribution in [3.63, 3.8) is 0 Å². The normalized spacial score (nSPS) is 12.2. The van der Waals surface area contributed by atoms with Crippen molar-refractivity contribution >= 4 is 21.7 Å². The summed E-state index contributed by atoms with van der Waals surface area (Å²) in [6.45, 7) is 14.7. The molecule has 0 aromatic carbocycles. The van der Waals surface area contributed by atoms with Crippen molar-refractivity contribution in [1.29, 1.82) is 0 Å². The van der Waals surface area contributed by atoms with E-state index in [4.69, 9.17) is 0 Å². The maximum atomic E-state index is 12.7. The third-order valence-electron chi connectivity index (χ3n) is 4.02. The van der Waals surface area contributed by atoms with E-state index < -0.39 is 5.54 Å². The number of hydrogen-bond donors (Lipinski definition) is 0. The van der Waals surface area contributed by atoms with Gasteiger partial charge in [0.1, 0.15) is 0 Å². The Morgan fingerprint density at radius 1 is 1.30 bits per heavy atom. The van der Waals surface area contributed by atoms with Crippen LogP contribution in [0.25, 0.3) is 0 Å². The van der Waals surface area contributed by atoms with Crippen LogP contribution in [0.4, 0.5) is 0 Å². The molecule has 0 bridgehead atoms. The molecule has 1 aromatic heterocycles. The molecule has 0 spiro atoms. The lowest BCUT2D eigenvalue weighted by molar-refractivity contribution is -0.128. The van der Waals surface area contributed by atoms with Crippen molar-refractivity contribution < 1.29 is 4.79 Å². The van der Waals surface area contributed by atoms with E-state index in [2.05, 4.69) is 39.8 Å². The number of aromatic nitrogens is 2. The van der Waals surface area contributed by atoms with Crippen LogP contribution in [0.2, 0.25) is 0 Å². The van der Waals surface area contributed by atoms with Crippen molar-refractivity contribution in [3.8, 4) is 0 Å². The molecule has 0 aliphatic heterocycles. The van der Waals surface area contributed by atoms with Crippen molar-refractivity contribution in [2.45, 2.75) is 60.0 Å². The quantitative estimate of drug-likeness (QED) is 0.762. The number of halogens is 1. The zero-order valence-electron chi connectivity index (χ0n) is 13.5. The highest BCUT2D eigenvalue weighted by Gasteiger charge is 2.33. The number of carbonyl (C=O) groups is 1. The summed E-state index contributed by atoms with van der Waals surface area (Å²) in [5, 5.41) is 4.45. The Balaban J connectivity index is 3.01. The van der Waals surface area contributed by atoms with Gasteiger partial charge in [0.15, 0.2) is 5.78 Å². The van der Waals surface area contributed by atoms with Gasteiger partial charge in [-0.2, -0.15) is 5.10 Å². The number of hydrogen-bond acceptors (Lipinski definition) is 3. The minimum absolute atomic E-state index is 0.233. The first kappa shape index (κ1) is 17.4. The summed E-state index contributed by atoms with van der Waals surface area (Å²) in [5.74, 6) is 0.233. The molecule has 1 heterocycles. The molecule has 5 heteroatoms. The number of aryl methyl sites for hydroxylation is 2. The van der Waals surface area contributed by atoms with Crippen LogP contribution in [0.1, 0.15) is 46.0 Å².